The molecule has 9 heteroatoms. The van der Waals surface area contributed by atoms with Crippen molar-refractivity contribution in [3.63, 3.8) is 0 Å². The van der Waals surface area contributed by atoms with Gasteiger partial charge in [0, 0.05) is 22.6 Å². The molecule has 9 nitrogen and oxygen atoms in total. The van der Waals surface area contributed by atoms with Crippen molar-refractivity contribution in [2.75, 3.05) is 6.61 Å². The molecule has 0 radical (unpaired) electrons. The molecule has 0 atom stereocenters. The molecule has 1 heterocycles. The van der Waals surface area contributed by atoms with Crippen LogP contribution in [0.2, 0.25) is 0 Å². The van der Waals surface area contributed by atoms with E-state index in [1.54, 1.807) is 12.1 Å². The molecule has 0 unspecified atom stereocenters. The first-order valence-electron chi connectivity index (χ1n) is 9.52. The van der Waals surface area contributed by atoms with Crippen LogP contribution >= 0.6 is 0 Å². The summed E-state index contributed by atoms with van der Waals surface area (Å²) in [5, 5.41) is 38.0. The summed E-state index contributed by atoms with van der Waals surface area (Å²) in [5.41, 5.74) is -0.182. The Morgan fingerprint density at radius 1 is 1.00 bits per heavy atom. The summed E-state index contributed by atoms with van der Waals surface area (Å²) in [7, 11) is 0. The molecule has 3 rings (SSSR count). The van der Waals surface area contributed by atoms with E-state index in [0.29, 0.717) is 23.1 Å². The third kappa shape index (κ3) is 5.47. The van der Waals surface area contributed by atoms with Crippen molar-refractivity contribution in [3.05, 3.63) is 75.1 Å². The molecule has 164 valence electrons. The SMILES string of the molecule is CCCOC(=O)c1cc2ccc(OCc3cc(C(O)O)cc(C(O)O)c3)cc2oc1=O. The Morgan fingerprint density at radius 3 is 2.29 bits per heavy atom. The van der Waals surface area contributed by atoms with Gasteiger partial charge < -0.3 is 34.3 Å². The number of esters is 1. The quantitative estimate of drug-likeness (QED) is 0.239. The molecule has 0 aliphatic heterocycles. The zero-order valence-corrected chi connectivity index (χ0v) is 16.6. The van der Waals surface area contributed by atoms with E-state index < -0.39 is 24.2 Å². The molecule has 4 N–H and O–H groups in total. The Morgan fingerprint density at radius 2 is 1.68 bits per heavy atom. The minimum atomic E-state index is -1.79. The van der Waals surface area contributed by atoms with E-state index in [-0.39, 0.29) is 35.5 Å². The molecule has 0 fully saturated rings. The maximum Gasteiger partial charge on any atom is 0.351 e. The highest BCUT2D eigenvalue weighted by Gasteiger charge is 2.16. The average Bonchev–Trinajstić information content (AvgIpc) is 2.75. The zero-order valence-electron chi connectivity index (χ0n) is 16.6. The van der Waals surface area contributed by atoms with Crippen molar-refractivity contribution in [3.8, 4) is 5.75 Å². The van der Waals surface area contributed by atoms with Gasteiger partial charge in [0.2, 0.25) is 0 Å². The predicted octanol–water partition coefficient (Wildman–Crippen LogP) is 1.91. The maximum atomic E-state index is 12.1. The summed E-state index contributed by atoms with van der Waals surface area (Å²) >= 11 is 0. The number of benzene rings is 2. The van der Waals surface area contributed by atoms with Gasteiger partial charge in [-0.15, -0.1) is 0 Å². The van der Waals surface area contributed by atoms with Crippen LogP contribution in [0.3, 0.4) is 0 Å². The van der Waals surface area contributed by atoms with Crippen LogP contribution < -0.4 is 10.4 Å². The van der Waals surface area contributed by atoms with Crippen LogP contribution in [-0.2, 0) is 11.3 Å². The molecule has 0 amide bonds. The van der Waals surface area contributed by atoms with Crippen molar-refractivity contribution in [1.82, 2.24) is 0 Å². The van der Waals surface area contributed by atoms with Crippen LogP contribution in [-0.4, -0.2) is 33.0 Å². The van der Waals surface area contributed by atoms with Gasteiger partial charge in [-0.1, -0.05) is 6.92 Å². The minimum absolute atomic E-state index is 0.0303. The van der Waals surface area contributed by atoms with Gasteiger partial charge in [0.05, 0.1) is 6.61 Å². The van der Waals surface area contributed by atoms with Crippen LogP contribution in [0, 0.1) is 0 Å². The largest absolute Gasteiger partial charge is 0.489 e. The first kappa shape index (κ1) is 22.4. The normalized spacial score (nSPS) is 11.3. The predicted molar refractivity (Wildman–Crippen MR) is 108 cm³/mol. The van der Waals surface area contributed by atoms with E-state index in [1.807, 2.05) is 6.92 Å². The topological polar surface area (TPSA) is 147 Å². The Kier molecular flexibility index (Phi) is 7.03. The van der Waals surface area contributed by atoms with Gasteiger partial charge in [-0.25, -0.2) is 9.59 Å². The van der Waals surface area contributed by atoms with Crippen molar-refractivity contribution < 1.29 is 39.1 Å². The summed E-state index contributed by atoms with van der Waals surface area (Å²) < 4.78 is 15.9. The molecular formula is C22H22O9. The lowest BCUT2D eigenvalue weighted by Gasteiger charge is -2.13. The molecule has 0 aliphatic rings. The van der Waals surface area contributed by atoms with Crippen LogP contribution in [0.1, 0.15) is 53.0 Å². The highest BCUT2D eigenvalue weighted by Crippen LogP contribution is 2.24. The number of ether oxygens (including phenoxy) is 2. The monoisotopic (exact) mass is 430 g/mol. The fraction of sp³-hybridized carbons (Fsp3) is 0.273. The summed E-state index contributed by atoms with van der Waals surface area (Å²) in [6, 6.07) is 10.2. The Balaban J connectivity index is 1.82. The number of fused-ring (bicyclic) bond motifs is 1. The van der Waals surface area contributed by atoms with Crippen LogP contribution in [0.5, 0.6) is 5.75 Å². The van der Waals surface area contributed by atoms with Crippen LogP contribution in [0.4, 0.5) is 0 Å². The molecule has 3 aromatic rings. The number of carbonyl (C=O) groups is 1. The Bertz CT molecular complexity index is 1110. The molecule has 1 aromatic heterocycles. The lowest BCUT2D eigenvalue weighted by Crippen LogP contribution is -2.16. The van der Waals surface area contributed by atoms with Gasteiger partial charge in [-0.2, -0.15) is 0 Å². The van der Waals surface area contributed by atoms with Crippen LogP contribution in [0.25, 0.3) is 11.0 Å². The lowest BCUT2D eigenvalue weighted by molar-refractivity contribution is -0.0476. The van der Waals surface area contributed by atoms with E-state index >= 15 is 0 Å². The van der Waals surface area contributed by atoms with Crippen molar-refractivity contribution in [2.24, 2.45) is 0 Å². The van der Waals surface area contributed by atoms with Crippen molar-refractivity contribution in [2.45, 2.75) is 32.5 Å². The molecule has 0 bridgehead atoms. The van der Waals surface area contributed by atoms with Gasteiger partial charge in [0.1, 0.15) is 23.5 Å². The number of carbonyl (C=O) groups excluding carboxylic acids is 1. The summed E-state index contributed by atoms with van der Waals surface area (Å²) in [6.07, 6.45) is -2.94. The first-order chi connectivity index (χ1) is 14.8. The van der Waals surface area contributed by atoms with Crippen LogP contribution in [0.15, 0.2) is 51.7 Å². The Labute approximate surface area is 176 Å². The second-order valence-corrected chi connectivity index (χ2v) is 6.83. The summed E-state index contributed by atoms with van der Waals surface area (Å²) in [6.45, 7) is 2.01. The first-order valence-corrected chi connectivity index (χ1v) is 9.52. The third-order valence-electron chi connectivity index (χ3n) is 4.40. The number of rotatable bonds is 8. The zero-order chi connectivity index (χ0) is 22.5. The van der Waals surface area contributed by atoms with E-state index in [1.165, 1.54) is 30.3 Å². The van der Waals surface area contributed by atoms with E-state index in [2.05, 4.69) is 0 Å². The van der Waals surface area contributed by atoms with E-state index in [4.69, 9.17) is 13.9 Å². The van der Waals surface area contributed by atoms with Gasteiger partial charge in [-0.3, -0.25) is 0 Å². The average molecular weight is 430 g/mol. The lowest BCUT2D eigenvalue weighted by atomic mass is 10.1. The minimum Gasteiger partial charge on any atom is -0.489 e. The molecule has 0 saturated heterocycles. The van der Waals surface area contributed by atoms with Crippen molar-refractivity contribution >= 4 is 16.9 Å². The highest BCUT2D eigenvalue weighted by molar-refractivity contribution is 5.93. The van der Waals surface area contributed by atoms with Gasteiger partial charge >= 0.3 is 11.6 Å². The fourth-order valence-corrected chi connectivity index (χ4v) is 2.89. The number of aliphatic hydroxyl groups excluding tert-OH is 2. The highest BCUT2D eigenvalue weighted by atomic mass is 16.5. The summed E-state index contributed by atoms with van der Waals surface area (Å²) in [5.74, 6) is -0.399. The molecule has 31 heavy (non-hydrogen) atoms. The number of hydrogen-bond acceptors (Lipinski definition) is 9. The second-order valence-electron chi connectivity index (χ2n) is 6.83. The van der Waals surface area contributed by atoms with E-state index in [0.717, 1.165) is 0 Å². The van der Waals surface area contributed by atoms with Gasteiger partial charge in [-0.05, 0) is 48.4 Å². The number of aliphatic hydroxyl groups is 4. The molecule has 0 spiro atoms. The fourth-order valence-electron chi connectivity index (χ4n) is 2.89. The Hall–Kier alpha value is -3.24. The number of hydrogen-bond donors (Lipinski definition) is 4. The van der Waals surface area contributed by atoms with Crippen molar-refractivity contribution in [1.29, 1.82) is 0 Å². The third-order valence-corrected chi connectivity index (χ3v) is 4.40. The summed E-state index contributed by atoms with van der Waals surface area (Å²) in [4.78, 5) is 24.1. The molecule has 2 aromatic carbocycles. The molecule has 0 aliphatic carbocycles. The van der Waals surface area contributed by atoms with Gasteiger partial charge in [0.15, 0.2) is 12.6 Å². The molecular weight excluding hydrogens is 408 g/mol. The standard InChI is InChI=1S/C22H22O9/c1-2-5-29-21(27)17-9-13-3-4-16(10-18(13)31-22(17)28)30-11-12-6-14(19(23)24)8-15(7-12)20(25)26/h3-4,6-10,19-20,23-26H,2,5,11H2,1H3. The second kappa shape index (κ2) is 9.71. The van der Waals surface area contributed by atoms with E-state index in [9.17, 15) is 30.0 Å². The molecule has 0 saturated carbocycles. The van der Waals surface area contributed by atoms with Gasteiger partial charge in [0.25, 0.3) is 0 Å². The maximum absolute atomic E-state index is 12.1. The smallest absolute Gasteiger partial charge is 0.351 e.